The number of nitrogens with two attached hydrogens (primary N) is 1. The van der Waals surface area contributed by atoms with E-state index in [0.717, 1.165) is 21.2 Å². The molecule has 2 aromatic rings. The van der Waals surface area contributed by atoms with Crippen molar-refractivity contribution in [1.82, 2.24) is 5.43 Å². The number of aryl methyl sites for hydroxylation is 1. The van der Waals surface area contributed by atoms with E-state index in [1.807, 2.05) is 19.1 Å². The van der Waals surface area contributed by atoms with Crippen molar-refractivity contribution in [3.63, 3.8) is 0 Å². The highest BCUT2D eigenvalue weighted by atomic mass is 79.9. The number of hydrogen-bond acceptors (Lipinski definition) is 2. The molecule has 0 fully saturated rings. The molecule has 0 bridgehead atoms. The molecule has 2 rings (SSSR count). The van der Waals surface area contributed by atoms with Gasteiger partial charge in [0.2, 0.25) is 0 Å². The maximum atomic E-state index is 13.5. The molecule has 106 valence electrons. The van der Waals surface area contributed by atoms with Crippen molar-refractivity contribution in [1.29, 1.82) is 0 Å². The average Bonchev–Trinajstić information content (AvgIpc) is 2.38. The van der Waals surface area contributed by atoms with Gasteiger partial charge in [0.15, 0.2) is 0 Å². The molecular formula is C15H15BrClFN2. The summed E-state index contributed by atoms with van der Waals surface area (Å²) in [5, 5.41) is 0.129. The highest BCUT2D eigenvalue weighted by molar-refractivity contribution is 9.10. The fourth-order valence-electron chi connectivity index (χ4n) is 2.14. The Hall–Kier alpha value is -0.940. The van der Waals surface area contributed by atoms with Crippen molar-refractivity contribution in [2.75, 3.05) is 0 Å². The summed E-state index contributed by atoms with van der Waals surface area (Å²) in [6.07, 6.45) is 0.584. The molecule has 0 saturated carbocycles. The predicted molar refractivity (Wildman–Crippen MR) is 84.1 cm³/mol. The first-order valence-electron chi connectivity index (χ1n) is 6.16. The van der Waals surface area contributed by atoms with E-state index in [1.54, 1.807) is 12.1 Å². The van der Waals surface area contributed by atoms with Crippen molar-refractivity contribution in [2.45, 2.75) is 19.4 Å². The van der Waals surface area contributed by atoms with Crippen molar-refractivity contribution in [2.24, 2.45) is 5.84 Å². The Kier molecular flexibility index (Phi) is 5.16. The Bertz CT molecular complexity index is 599. The lowest BCUT2D eigenvalue weighted by molar-refractivity contribution is 0.548. The largest absolute Gasteiger partial charge is 0.271 e. The van der Waals surface area contributed by atoms with Crippen LogP contribution in [0, 0.1) is 12.7 Å². The fourth-order valence-corrected chi connectivity index (χ4v) is 2.88. The number of halogens is 3. The third kappa shape index (κ3) is 3.79. The number of rotatable bonds is 4. The number of benzene rings is 2. The van der Waals surface area contributed by atoms with Crippen molar-refractivity contribution in [3.05, 3.63) is 68.4 Å². The lowest BCUT2D eigenvalue weighted by Crippen LogP contribution is -2.29. The van der Waals surface area contributed by atoms with Gasteiger partial charge in [-0.1, -0.05) is 39.7 Å². The van der Waals surface area contributed by atoms with Crippen LogP contribution in [0.25, 0.3) is 0 Å². The summed E-state index contributed by atoms with van der Waals surface area (Å²) >= 11 is 9.16. The Morgan fingerprint density at radius 1 is 1.30 bits per heavy atom. The SMILES string of the molecule is Cc1cc(Br)cc(C(Cc2ccc(Cl)c(F)c2)NN)c1. The van der Waals surface area contributed by atoms with Gasteiger partial charge in [0, 0.05) is 4.47 Å². The number of hydrazine groups is 1. The second-order valence-corrected chi connectivity index (χ2v) is 6.06. The molecule has 0 amide bonds. The van der Waals surface area contributed by atoms with Gasteiger partial charge < -0.3 is 0 Å². The second-order valence-electron chi connectivity index (χ2n) is 4.73. The van der Waals surface area contributed by atoms with E-state index in [2.05, 4.69) is 27.4 Å². The molecule has 2 nitrogen and oxygen atoms in total. The Morgan fingerprint density at radius 2 is 2.05 bits per heavy atom. The van der Waals surface area contributed by atoms with Crippen LogP contribution >= 0.6 is 27.5 Å². The maximum absolute atomic E-state index is 13.5. The molecule has 0 aliphatic rings. The van der Waals surface area contributed by atoms with Crippen LogP contribution in [0.15, 0.2) is 40.9 Å². The standard InChI is InChI=1S/C15H15BrClFN2/c1-9-4-11(8-12(16)5-9)15(20-19)7-10-2-3-13(17)14(18)6-10/h2-6,8,15,20H,7,19H2,1H3. The average molecular weight is 358 g/mol. The zero-order valence-corrected chi connectivity index (χ0v) is 13.3. The van der Waals surface area contributed by atoms with Gasteiger partial charge in [0.1, 0.15) is 5.82 Å². The van der Waals surface area contributed by atoms with E-state index in [4.69, 9.17) is 17.4 Å². The molecule has 0 radical (unpaired) electrons. The minimum absolute atomic E-state index is 0.0909. The van der Waals surface area contributed by atoms with Crippen molar-refractivity contribution in [3.8, 4) is 0 Å². The lowest BCUT2D eigenvalue weighted by atomic mass is 9.98. The third-order valence-electron chi connectivity index (χ3n) is 3.09. The monoisotopic (exact) mass is 356 g/mol. The minimum Gasteiger partial charge on any atom is -0.271 e. The zero-order valence-electron chi connectivity index (χ0n) is 11.0. The summed E-state index contributed by atoms with van der Waals surface area (Å²) in [6, 6.07) is 10.8. The molecule has 0 spiro atoms. The van der Waals surface area contributed by atoms with Crippen LogP contribution in [0.3, 0.4) is 0 Å². The van der Waals surface area contributed by atoms with Gasteiger partial charge >= 0.3 is 0 Å². The summed E-state index contributed by atoms with van der Waals surface area (Å²) in [7, 11) is 0. The van der Waals surface area contributed by atoms with Gasteiger partial charge in [-0.3, -0.25) is 11.3 Å². The molecule has 0 aromatic heterocycles. The smallest absolute Gasteiger partial charge is 0.142 e. The van der Waals surface area contributed by atoms with Gasteiger partial charge in [-0.2, -0.15) is 0 Å². The molecule has 0 aliphatic carbocycles. The van der Waals surface area contributed by atoms with Gasteiger partial charge in [0.25, 0.3) is 0 Å². The quantitative estimate of drug-likeness (QED) is 0.632. The third-order valence-corrected chi connectivity index (χ3v) is 3.86. The van der Waals surface area contributed by atoms with Gasteiger partial charge in [-0.05, 0) is 54.3 Å². The molecular weight excluding hydrogens is 343 g/mol. The first-order chi connectivity index (χ1) is 9.49. The van der Waals surface area contributed by atoms with Crippen LogP contribution in [-0.2, 0) is 6.42 Å². The molecule has 1 atom stereocenters. The van der Waals surface area contributed by atoms with E-state index < -0.39 is 5.82 Å². The molecule has 20 heavy (non-hydrogen) atoms. The molecule has 0 aliphatic heterocycles. The van der Waals surface area contributed by atoms with Gasteiger partial charge in [0.05, 0.1) is 11.1 Å². The zero-order chi connectivity index (χ0) is 14.7. The predicted octanol–water partition coefficient (Wildman–Crippen LogP) is 4.30. The second kappa shape index (κ2) is 6.68. The molecule has 5 heteroatoms. The number of hydrogen-bond donors (Lipinski definition) is 2. The first kappa shape index (κ1) is 15.4. The summed E-state index contributed by atoms with van der Waals surface area (Å²) in [5.41, 5.74) is 5.81. The Morgan fingerprint density at radius 3 is 2.65 bits per heavy atom. The van der Waals surface area contributed by atoms with Crippen LogP contribution in [0.4, 0.5) is 4.39 Å². The lowest BCUT2D eigenvalue weighted by Gasteiger charge is -2.17. The molecule has 0 heterocycles. The highest BCUT2D eigenvalue weighted by Gasteiger charge is 2.13. The van der Waals surface area contributed by atoms with Crippen molar-refractivity contribution < 1.29 is 4.39 Å². The van der Waals surface area contributed by atoms with E-state index in [1.165, 1.54) is 6.07 Å². The molecule has 1 unspecified atom stereocenters. The number of nitrogens with one attached hydrogen (secondary N) is 1. The normalized spacial score (nSPS) is 12.4. The summed E-state index contributed by atoms with van der Waals surface area (Å²) < 4.78 is 14.5. The molecule has 2 aromatic carbocycles. The Balaban J connectivity index is 2.26. The van der Waals surface area contributed by atoms with E-state index in [9.17, 15) is 4.39 Å². The summed E-state index contributed by atoms with van der Waals surface area (Å²) in [4.78, 5) is 0. The van der Waals surface area contributed by atoms with Crippen LogP contribution in [-0.4, -0.2) is 0 Å². The highest BCUT2D eigenvalue weighted by Crippen LogP contribution is 2.24. The van der Waals surface area contributed by atoms with Crippen LogP contribution in [0.1, 0.15) is 22.7 Å². The van der Waals surface area contributed by atoms with Crippen LogP contribution in [0.2, 0.25) is 5.02 Å². The maximum Gasteiger partial charge on any atom is 0.142 e. The van der Waals surface area contributed by atoms with E-state index >= 15 is 0 Å². The first-order valence-corrected chi connectivity index (χ1v) is 7.34. The topological polar surface area (TPSA) is 38.0 Å². The van der Waals surface area contributed by atoms with E-state index in [0.29, 0.717) is 6.42 Å². The van der Waals surface area contributed by atoms with Gasteiger partial charge in [-0.15, -0.1) is 0 Å². The Labute approximate surface area is 131 Å². The van der Waals surface area contributed by atoms with Gasteiger partial charge in [-0.25, -0.2) is 4.39 Å². The van der Waals surface area contributed by atoms with Crippen LogP contribution in [0.5, 0.6) is 0 Å². The molecule has 0 saturated heterocycles. The molecule has 3 N–H and O–H groups in total. The van der Waals surface area contributed by atoms with E-state index in [-0.39, 0.29) is 11.1 Å². The minimum atomic E-state index is -0.412. The summed E-state index contributed by atoms with van der Waals surface area (Å²) in [5.74, 6) is 5.22. The van der Waals surface area contributed by atoms with Crippen molar-refractivity contribution >= 4 is 27.5 Å². The summed E-state index contributed by atoms with van der Waals surface area (Å²) in [6.45, 7) is 2.02. The fraction of sp³-hybridized carbons (Fsp3) is 0.200. The van der Waals surface area contributed by atoms with Crippen LogP contribution < -0.4 is 11.3 Å².